The Morgan fingerprint density at radius 2 is 0.730 bits per heavy atom. The maximum atomic E-state index is 10.3. The van der Waals surface area contributed by atoms with Gasteiger partial charge in [0.2, 0.25) is 0 Å². The number of hydrogen-bond acceptors (Lipinski definition) is 8. The molecule has 214 valence electrons. The van der Waals surface area contributed by atoms with E-state index in [1.807, 2.05) is 0 Å². The average molecular weight is 633 g/mol. The predicted octanol–water partition coefficient (Wildman–Crippen LogP) is 4.06. The third-order valence-corrected chi connectivity index (χ3v) is 4.20. The van der Waals surface area contributed by atoms with Gasteiger partial charge in [-0.2, -0.15) is 0 Å². The molecule has 0 bridgehead atoms. The van der Waals surface area contributed by atoms with Gasteiger partial charge >= 0.3 is 35.8 Å². The molecule has 0 aromatic heterocycles. The largest absolute Gasteiger partial charge is 2.00 e. The van der Waals surface area contributed by atoms with Crippen LogP contribution >= 0.6 is 0 Å². The van der Waals surface area contributed by atoms with Gasteiger partial charge < -0.3 is 29.3 Å². The van der Waals surface area contributed by atoms with Crippen molar-refractivity contribution in [3.63, 3.8) is 0 Å². The van der Waals surface area contributed by atoms with Crippen molar-refractivity contribution in [3.8, 4) is 0 Å². The Kier molecular flexibility index (Phi) is 50.3. The van der Waals surface area contributed by atoms with E-state index in [4.69, 9.17) is 0 Å². The summed E-state index contributed by atoms with van der Waals surface area (Å²) in [7, 11) is 0. The van der Waals surface area contributed by atoms with Crippen LogP contribution in [-0.2, 0) is 28.7 Å². The zero-order chi connectivity index (χ0) is 28.5. The molecule has 2 radical (unpaired) electrons. The number of carbonyl (C=O) groups is 4. The number of rotatable bonds is 16. The fourth-order valence-corrected chi connectivity index (χ4v) is 2.36. The number of carboxylic acid groups (broad SMARTS) is 2. The van der Waals surface area contributed by atoms with Crippen molar-refractivity contribution in [2.45, 2.75) is 119 Å². The van der Waals surface area contributed by atoms with Crippen LogP contribution in [0, 0.1) is 0 Å². The van der Waals surface area contributed by atoms with Crippen LogP contribution < -0.4 is 10.2 Å². The number of unbranched alkanes of at least 4 members (excludes halogenated alkanes) is 10. The van der Waals surface area contributed by atoms with Crippen LogP contribution in [0.25, 0.3) is 0 Å². The Morgan fingerprint density at radius 3 is 0.892 bits per heavy atom. The second-order valence-electron chi connectivity index (χ2n) is 7.64. The van der Waals surface area contributed by atoms with Crippen LogP contribution in [0.2, 0.25) is 0 Å². The number of hydrogen-bond donors (Lipinski definition) is 0. The Labute approximate surface area is 242 Å². The molecule has 0 fully saturated rings. The van der Waals surface area contributed by atoms with Gasteiger partial charge in [0, 0.05) is 12.2 Å². The van der Waals surface area contributed by atoms with E-state index in [9.17, 15) is 29.4 Å². The molecular formula is C28H50O8Sn. The Balaban J connectivity index is -0.000000123. The molecule has 0 aromatic carbocycles. The van der Waals surface area contributed by atoms with Gasteiger partial charge in [-0.15, -0.1) is 0 Å². The first-order chi connectivity index (χ1) is 17.2. The Morgan fingerprint density at radius 1 is 0.486 bits per heavy atom. The first kappa shape index (κ1) is 45.1. The molecule has 0 spiro atoms. The van der Waals surface area contributed by atoms with E-state index >= 15 is 0 Å². The summed E-state index contributed by atoms with van der Waals surface area (Å²) in [5, 5.41) is 19.4. The van der Waals surface area contributed by atoms with Gasteiger partial charge in [0.1, 0.15) is 0 Å². The quantitative estimate of drug-likeness (QED) is 0.108. The number of aliphatic carboxylic acids is 2. The fourth-order valence-electron chi connectivity index (χ4n) is 2.36. The molecule has 0 unspecified atom stereocenters. The molecule has 0 saturated carbocycles. The topological polar surface area (TPSA) is 133 Å². The summed E-state index contributed by atoms with van der Waals surface area (Å²) in [5.41, 5.74) is 0. The maximum Gasteiger partial charge on any atom is 2.00 e. The average Bonchev–Trinajstić information content (AvgIpc) is 2.84. The van der Waals surface area contributed by atoms with Gasteiger partial charge in [0.25, 0.3) is 0 Å². The standard InChI is InChI=1S/2C8H18.2C6H8O4.Sn/c2*1-3-5-7-8-6-4-2;2*1-2-10-6(9)4-3-5(7)8;/h2*3-8H2,1-2H3;2*3-4H,2H2,1H3,(H,7,8);/q;;;;+2/p-2/b;;2*4-3-;. The fraction of sp³-hybridized carbons (Fsp3) is 0.714. The van der Waals surface area contributed by atoms with E-state index in [2.05, 4.69) is 37.2 Å². The van der Waals surface area contributed by atoms with E-state index in [1.54, 1.807) is 13.8 Å². The van der Waals surface area contributed by atoms with Crippen LogP contribution in [0.5, 0.6) is 0 Å². The molecule has 0 heterocycles. The third kappa shape index (κ3) is 60.5. The van der Waals surface area contributed by atoms with Gasteiger partial charge in [-0.3, -0.25) is 0 Å². The molecule has 0 saturated heterocycles. The van der Waals surface area contributed by atoms with E-state index in [1.165, 1.54) is 77.0 Å². The SMILES string of the molecule is CCCCCCCC.CCCCCCCC.CCOC(=O)/C=C\C(=O)[O-].CCOC(=O)/C=C\C(=O)[O-].[Sn+2]. The van der Waals surface area contributed by atoms with Crippen molar-refractivity contribution < 1.29 is 38.9 Å². The summed E-state index contributed by atoms with van der Waals surface area (Å²) in [6.07, 6.45) is 19.8. The zero-order valence-electron chi connectivity index (χ0n) is 24.0. The zero-order valence-corrected chi connectivity index (χ0v) is 26.8. The molecular weight excluding hydrogens is 583 g/mol. The van der Waals surface area contributed by atoms with Crippen LogP contribution in [0.3, 0.4) is 0 Å². The summed E-state index contributed by atoms with van der Waals surface area (Å²) in [5.74, 6) is -4.17. The molecule has 0 aliphatic heterocycles. The third-order valence-electron chi connectivity index (χ3n) is 4.20. The molecule has 0 aliphatic carbocycles. The van der Waals surface area contributed by atoms with Crippen molar-refractivity contribution in [1.82, 2.24) is 0 Å². The molecule has 0 amide bonds. The van der Waals surface area contributed by atoms with Gasteiger partial charge in [-0.05, 0) is 26.0 Å². The molecule has 8 nitrogen and oxygen atoms in total. The monoisotopic (exact) mass is 634 g/mol. The predicted molar refractivity (Wildman–Crippen MR) is 145 cm³/mol. The van der Waals surface area contributed by atoms with Crippen molar-refractivity contribution >= 4 is 47.8 Å². The molecule has 0 rings (SSSR count). The molecule has 37 heavy (non-hydrogen) atoms. The first-order valence-corrected chi connectivity index (χ1v) is 13.3. The minimum absolute atomic E-state index is 0. The maximum absolute atomic E-state index is 10.3. The second-order valence-corrected chi connectivity index (χ2v) is 7.64. The summed E-state index contributed by atoms with van der Waals surface area (Å²) >= 11 is 0. The van der Waals surface area contributed by atoms with Crippen LogP contribution in [0.1, 0.15) is 119 Å². The molecule has 0 aliphatic rings. The smallest absolute Gasteiger partial charge is 0.545 e. The second kappa shape index (κ2) is 41.3. The minimum Gasteiger partial charge on any atom is -0.545 e. The van der Waals surface area contributed by atoms with E-state index in [0.29, 0.717) is 12.2 Å². The van der Waals surface area contributed by atoms with Crippen LogP contribution in [0.4, 0.5) is 0 Å². The summed E-state index contributed by atoms with van der Waals surface area (Å²) in [6, 6.07) is 0. The van der Waals surface area contributed by atoms with Crippen LogP contribution in [0.15, 0.2) is 24.3 Å². The van der Waals surface area contributed by atoms with Gasteiger partial charge in [-0.1, -0.05) is 105 Å². The molecule has 0 N–H and O–H groups in total. The summed E-state index contributed by atoms with van der Waals surface area (Å²) < 4.78 is 8.75. The van der Waals surface area contributed by atoms with E-state index in [-0.39, 0.29) is 37.1 Å². The number of carbonyl (C=O) groups excluding carboxylic acids is 4. The summed E-state index contributed by atoms with van der Waals surface area (Å²) in [6.45, 7) is 12.7. The number of esters is 2. The van der Waals surface area contributed by atoms with Gasteiger partial charge in [-0.25, -0.2) is 9.59 Å². The van der Waals surface area contributed by atoms with Crippen LogP contribution in [-0.4, -0.2) is 61.0 Å². The van der Waals surface area contributed by atoms with Crippen molar-refractivity contribution in [2.24, 2.45) is 0 Å². The number of ether oxygens (including phenoxy) is 2. The molecule has 0 atom stereocenters. The van der Waals surface area contributed by atoms with E-state index in [0.717, 1.165) is 12.2 Å². The normalized spacial score (nSPS) is 9.46. The molecule has 0 aromatic rings. The first-order valence-electron chi connectivity index (χ1n) is 13.3. The Bertz CT molecular complexity index is 513. The number of carboxylic acids is 2. The van der Waals surface area contributed by atoms with Crippen molar-refractivity contribution in [1.29, 1.82) is 0 Å². The van der Waals surface area contributed by atoms with Gasteiger partial charge in [0.05, 0.1) is 25.2 Å². The van der Waals surface area contributed by atoms with Crippen molar-refractivity contribution in [3.05, 3.63) is 24.3 Å². The minimum atomic E-state index is -1.41. The molecule has 9 heteroatoms. The van der Waals surface area contributed by atoms with Gasteiger partial charge in [0.15, 0.2) is 0 Å². The summed E-state index contributed by atoms with van der Waals surface area (Å²) in [4.78, 5) is 40.1. The van der Waals surface area contributed by atoms with E-state index < -0.39 is 23.9 Å². The Hall–Kier alpha value is -1.84. The van der Waals surface area contributed by atoms with Crippen molar-refractivity contribution in [2.75, 3.05) is 13.2 Å².